The molecule has 3 aromatic carbocycles. The quantitative estimate of drug-likeness (QED) is 0.145. The molecule has 2 aliphatic heterocycles. The monoisotopic (exact) mass is 953 g/mol. The zero-order valence-electron chi connectivity index (χ0n) is 33.9. The molecule has 0 atom stereocenters. The standard InChI is InChI=1S/C31H39N5O.4C2HF3O2/c1-34-15-17-36(18-16-34)24-27-7-4-10-30(21-27)31(37)33-22-25-5-2-8-28(19-25)29-9-3-6-26(20-29)23-35-13-11-32-12-14-35;4*3-2(4,5)1(6)7/h2-10,19-21,32H,11-18,22-24H2,1H3,(H,33,37);4*(H,6,7). The third-order valence-corrected chi connectivity index (χ3v) is 8.42. The molecule has 5 rings (SSSR count). The second-order valence-corrected chi connectivity index (χ2v) is 13.6. The minimum atomic E-state index is -5.08. The summed E-state index contributed by atoms with van der Waals surface area (Å²) in [5, 5.41) is 35.0. The van der Waals surface area contributed by atoms with E-state index in [2.05, 4.69) is 87.0 Å². The van der Waals surface area contributed by atoms with E-state index in [0.717, 1.165) is 76.6 Å². The normalized spacial score (nSPS) is 14.8. The summed E-state index contributed by atoms with van der Waals surface area (Å²) in [4.78, 5) is 55.9. The predicted octanol–water partition coefficient (Wildman–Crippen LogP) is 5.97. The fraction of sp³-hybridized carbons (Fsp3) is 0.410. The van der Waals surface area contributed by atoms with E-state index < -0.39 is 48.6 Å². The summed E-state index contributed by atoms with van der Waals surface area (Å²) in [6.07, 6.45) is -20.3. The number of piperazine rings is 2. The minimum absolute atomic E-state index is 0.0244. The largest absolute Gasteiger partial charge is 0.490 e. The van der Waals surface area contributed by atoms with E-state index in [4.69, 9.17) is 39.6 Å². The first-order valence-corrected chi connectivity index (χ1v) is 18.5. The second-order valence-electron chi connectivity index (χ2n) is 13.6. The van der Waals surface area contributed by atoms with Gasteiger partial charge in [0.1, 0.15) is 0 Å². The van der Waals surface area contributed by atoms with Crippen molar-refractivity contribution in [2.45, 2.75) is 44.3 Å². The number of carboxylic acid groups (broad SMARTS) is 4. The lowest BCUT2D eigenvalue weighted by Crippen LogP contribution is -2.43. The lowest BCUT2D eigenvalue weighted by atomic mass is 10.0. The molecule has 2 fully saturated rings. The van der Waals surface area contributed by atoms with Crippen LogP contribution in [-0.4, -0.2) is 149 Å². The topological polar surface area (TPSA) is 200 Å². The molecule has 0 spiro atoms. The van der Waals surface area contributed by atoms with Crippen molar-refractivity contribution in [3.63, 3.8) is 0 Å². The highest BCUT2D eigenvalue weighted by molar-refractivity contribution is 5.94. The molecule has 0 aromatic heterocycles. The third kappa shape index (κ3) is 24.0. The highest BCUT2D eigenvalue weighted by Crippen LogP contribution is 2.23. The van der Waals surface area contributed by atoms with Gasteiger partial charge in [-0.15, -0.1) is 0 Å². The molecular formula is C39H43F12N5O9. The van der Waals surface area contributed by atoms with Crippen LogP contribution in [0.25, 0.3) is 11.1 Å². The summed E-state index contributed by atoms with van der Waals surface area (Å²) >= 11 is 0. The smallest absolute Gasteiger partial charge is 0.475 e. The summed E-state index contributed by atoms with van der Waals surface area (Å²) < 4.78 is 127. The number of hydrogen-bond donors (Lipinski definition) is 6. The van der Waals surface area contributed by atoms with Crippen molar-refractivity contribution in [3.05, 3.63) is 95.1 Å². The zero-order valence-corrected chi connectivity index (χ0v) is 33.9. The molecule has 1 amide bonds. The number of halogens is 12. The maximum absolute atomic E-state index is 13.0. The van der Waals surface area contributed by atoms with Gasteiger partial charge in [0, 0.05) is 77.6 Å². The molecule has 65 heavy (non-hydrogen) atoms. The van der Waals surface area contributed by atoms with Gasteiger partial charge in [-0.2, -0.15) is 52.7 Å². The van der Waals surface area contributed by atoms with E-state index in [9.17, 15) is 57.5 Å². The van der Waals surface area contributed by atoms with E-state index in [1.54, 1.807) is 0 Å². The summed E-state index contributed by atoms with van der Waals surface area (Å²) in [6, 6.07) is 25.4. The number of rotatable bonds is 8. The molecular weight excluding hydrogens is 910 g/mol. The van der Waals surface area contributed by atoms with Crippen LogP contribution in [0.4, 0.5) is 52.7 Å². The maximum atomic E-state index is 13.0. The molecule has 2 aliphatic rings. The van der Waals surface area contributed by atoms with Crippen molar-refractivity contribution >= 4 is 29.8 Å². The Morgan fingerprint density at radius 2 is 0.862 bits per heavy atom. The Kier molecular flexibility index (Phi) is 22.9. The molecule has 0 saturated carbocycles. The highest BCUT2D eigenvalue weighted by atomic mass is 19.4. The first-order valence-electron chi connectivity index (χ1n) is 18.5. The van der Waals surface area contributed by atoms with E-state index >= 15 is 0 Å². The number of aliphatic carboxylic acids is 4. The molecule has 6 N–H and O–H groups in total. The maximum Gasteiger partial charge on any atom is 0.490 e. The van der Waals surface area contributed by atoms with E-state index in [1.807, 2.05) is 18.2 Å². The van der Waals surface area contributed by atoms with Crippen molar-refractivity contribution in [2.24, 2.45) is 0 Å². The molecule has 0 radical (unpaired) electrons. The number of alkyl halides is 12. The first-order chi connectivity index (χ1) is 29.9. The van der Waals surface area contributed by atoms with E-state index in [1.165, 1.54) is 22.3 Å². The van der Waals surface area contributed by atoms with Crippen LogP contribution in [0, 0.1) is 0 Å². The number of nitrogens with zero attached hydrogens (tertiary/aromatic N) is 3. The summed E-state index contributed by atoms with van der Waals surface area (Å²) in [5.41, 5.74) is 6.77. The van der Waals surface area contributed by atoms with Crippen LogP contribution in [-0.2, 0) is 38.8 Å². The molecule has 0 unspecified atom stereocenters. The van der Waals surface area contributed by atoms with Crippen LogP contribution >= 0.6 is 0 Å². The van der Waals surface area contributed by atoms with Gasteiger partial charge in [-0.3, -0.25) is 14.6 Å². The Hall–Kier alpha value is -5.99. The van der Waals surface area contributed by atoms with Crippen LogP contribution in [0.5, 0.6) is 0 Å². The molecule has 0 bridgehead atoms. The Morgan fingerprint density at radius 1 is 0.523 bits per heavy atom. The van der Waals surface area contributed by atoms with Crippen LogP contribution in [0.1, 0.15) is 27.0 Å². The summed E-state index contributed by atoms with van der Waals surface area (Å²) in [6.45, 7) is 11.0. The fourth-order valence-corrected chi connectivity index (χ4v) is 5.20. The molecule has 3 aromatic rings. The Labute approximate surface area is 362 Å². The summed E-state index contributed by atoms with van der Waals surface area (Å²) in [5.74, 6) is -11.1. The number of hydrogen-bond acceptors (Lipinski definition) is 9. The van der Waals surface area contributed by atoms with E-state index in [-0.39, 0.29) is 5.91 Å². The van der Waals surface area contributed by atoms with Crippen molar-refractivity contribution < 1.29 is 97.1 Å². The van der Waals surface area contributed by atoms with Crippen LogP contribution in [0.3, 0.4) is 0 Å². The molecule has 14 nitrogen and oxygen atoms in total. The van der Waals surface area contributed by atoms with Gasteiger partial charge in [0.15, 0.2) is 0 Å². The van der Waals surface area contributed by atoms with Gasteiger partial charge in [-0.25, -0.2) is 19.2 Å². The Bertz CT molecular complexity index is 1900. The van der Waals surface area contributed by atoms with Crippen LogP contribution in [0.15, 0.2) is 72.8 Å². The van der Waals surface area contributed by atoms with Crippen LogP contribution < -0.4 is 10.6 Å². The molecule has 0 aliphatic carbocycles. The molecule has 2 saturated heterocycles. The second kappa shape index (κ2) is 26.1. The van der Waals surface area contributed by atoms with Crippen molar-refractivity contribution in [1.29, 1.82) is 0 Å². The molecule has 26 heteroatoms. The highest BCUT2D eigenvalue weighted by Gasteiger charge is 2.40. The number of amides is 1. The van der Waals surface area contributed by atoms with Gasteiger partial charge < -0.3 is 36.0 Å². The van der Waals surface area contributed by atoms with Crippen molar-refractivity contribution in [1.82, 2.24) is 25.3 Å². The first kappa shape index (κ1) is 57.0. The lowest BCUT2D eigenvalue weighted by Gasteiger charge is -2.32. The van der Waals surface area contributed by atoms with Gasteiger partial charge in [-0.1, -0.05) is 48.5 Å². The average Bonchev–Trinajstić information content (AvgIpc) is 3.21. The van der Waals surface area contributed by atoms with Gasteiger partial charge >= 0.3 is 48.6 Å². The van der Waals surface area contributed by atoms with Gasteiger partial charge in [0.05, 0.1) is 0 Å². The SMILES string of the molecule is CN1CCN(Cc2cccc(C(=O)NCc3cccc(-c4cccc(CN5CCNCC5)c4)c3)c2)CC1.O=C(O)C(F)(F)F.O=C(O)C(F)(F)F.O=C(O)C(F)(F)F.O=C(O)C(F)(F)F. The van der Waals surface area contributed by atoms with Crippen molar-refractivity contribution in [3.8, 4) is 11.1 Å². The Morgan fingerprint density at radius 3 is 1.26 bits per heavy atom. The summed E-state index contributed by atoms with van der Waals surface area (Å²) in [7, 11) is 2.17. The van der Waals surface area contributed by atoms with Gasteiger partial charge in [0.25, 0.3) is 5.91 Å². The fourth-order valence-electron chi connectivity index (χ4n) is 5.20. The average molecular weight is 954 g/mol. The van der Waals surface area contributed by atoms with Gasteiger partial charge in [-0.05, 0) is 59.1 Å². The number of benzene rings is 3. The molecule has 362 valence electrons. The number of likely N-dealkylation sites (N-methyl/N-ethyl adjacent to an activating group) is 1. The number of nitrogens with one attached hydrogen (secondary N) is 2. The van der Waals surface area contributed by atoms with Crippen LogP contribution in [0.2, 0.25) is 0 Å². The predicted molar refractivity (Wildman–Crippen MR) is 205 cm³/mol. The number of carbonyl (C=O) groups excluding carboxylic acids is 1. The minimum Gasteiger partial charge on any atom is -0.475 e. The lowest BCUT2D eigenvalue weighted by molar-refractivity contribution is -0.193. The zero-order chi connectivity index (χ0) is 49.8. The molecule has 2 heterocycles. The third-order valence-electron chi connectivity index (χ3n) is 8.42. The van der Waals surface area contributed by atoms with Gasteiger partial charge in [0.2, 0.25) is 0 Å². The van der Waals surface area contributed by atoms with Crippen molar-refractivity contribution in [2.75, 3.05) is 59.4 Å². The van der Waals surface area contributed by atoms with E-state index in [0.29, 0.717) is 6.54 Å². The Balaban J connectivity index is 0.000000610. The number of carboxylic acids is 4. The number of carbonyl (C=O) groups is 5.